The van der Waals surface area contributed by atoms with Crippen molar-refractivity contribution in [1.82, 2.24) is 4.98 Å². The van der Waals surface area contributed by atoms with Gasteiger partial charge < -0.3 is 19.1 Å². The zero-order valence-electron chi connectivity index (χ0n) is 16.1. The maximum absolute atomic E-state index is 11.9. The topological polar surface area (TPSA) is 43.8 Å². The van der Waals surface area contributed by atoms with Gasteiger partial charge in [-0.25, -0.2) is 9.37 Å². The third-order valence-corrected chi connectivity index (χ3v) is 4.45. The Hall–Kier alpha value is -1.89. The number of benzene rings is 1. The van der Waals surface area contributed by atoms with Gasteiger partial charge in [-0.3, -0.25) is 0 Å². The summed E-state index contributed by atoms with van der Waals surface area (Å²) in [7, 11) is 4.02. The molecule has 150 valence electrons. The lowest BCUT2D eigenvalue weighted by Gasteiger charge is -2.11. The first-order chi connectivity index (χ1) is 13.6. The van der Waals surface area contributed by atoms with Crippen molar-refractivity contribution in [3.8, 4) is 17.7 Å². The van der Waals surface area contributed by atoms with Crippen LogP contribution in [0.3, 0.4) is 0 Å². The molecule has 0 aliphatic heterocycles. The molecule has 0 saturated carbocycles. The van der Waals surface area contributed by atoms with Crippen LogP contribution in [-0.2, 0) is 9.47 Å². The van der Waals surface area contributed by atoms with Crippen LogP contribution < -0.4 is 32.2 Å². The quantitative estimate of drug-likeness (QED) is 0.248. The molecule has 1 aromatic carbocycles. The fourth-order valence-electron chi connectivity index (χ4n) is 2.17. The highest BCUT2D eigenvalue weighted by atomic mass is 127. The largest absolute Gasteiger partial charge is 0.472 e. The van der Waals surface area contributed by atoms with Crippen LogP contribution in [-0.4, -0.2) is 58.8 Å². The maximum atomic E-state index is 11.9. The summed E-state index contributed by atoms with van der Waals surface area (Å²) in [5.41, 5.74) is 2.93. The number of nitrogens with zero attached hydrogens (tertiary/aromatic N) is 2. The van der Waals surface area contributed by atoms with Crippen LogP contribution in [0.1, 0.15) is 11.1 Å². The van der Waals surface area contributed by atoms with Gasteiger partial charge in [0.15, 0.2) is 0 Å². The summed E-state index contributed by atoms with van der Waals surface area (Å²) in [6, 6.07) is 10.0. The van der Waals surface area contributed by atoms with Gasteiger partial charge in [-0.2, -0.15) is 0 Å². The predicted octanol–water partition coefficient (Wildman–Crippen LogP) is -0.616. The van der Waals surface area contributed by atoms with Crippen LogP contribution in [0.5, 0.6) is 5.88 Å². The third kappa shape index (κ3) is 8.00. The number of hydrogen-bond donors (Lipinski definition) is 0. The molecule has 0 amide bonds. The highest BCUT2D eigenvalue weighted by Gasteiger charge is 2.10. The number of halogens is 2. The molecule has 0 saturated heterocycles. The number of rotatable bonds is 10. The average Bonchev–Trinajstić information content (AvgIpc) is 2.70. The molecule has 1 heterocycles. The van der Waals surface area contributed by atoms with Crippen molar-refractivity contribution >= 4 is 5.69 Å². The molecule has 0 atom stereocenters. The van der Waals surface area contributed by atoms with Crippen LogP contribution in [0.25, 0.3) is 0 Å². The fraction of sp³-hybridized carbons (Fsp3) is 0.381. The van der Waals surface area contributed by atoms with E-state index >= 15 is 0 Å². The van der Waals surface area contributed by atoms with Gasteiger partial charge in [0, 0.05) is 43.2 Å². The molecule has 0 bridgehead atoms. The van der Waals surface area contributed by atoms with E-state index in [-0.39, 0.29) is 6.61 Å². The number of ether oxygens (including phenoxy) is 3. The van der Waals surface area contributed by atoms with E-state index in [1.165, 1.54) is 0 Å². The normalized spacial score (nSPS) is 10.3. The third-order valence-electron chi connectivity index (χ3n) is 3.61. The molecular formula is C21H25FIN2O3+. The molecule has 0 aliphatic carbocycles. The zero-order valence-corrected chi connectivity index (χ0v) is 18.4. The Labute approximate surface area is 179 Å². The molecule has 2 aromatic rings. The molecule has 7 heteroatoms. The van der Waals surface area contributed by atoms with Crippen molar-refractivity contribution in [2.75, 3.05) is 58.7 Å². The van der Waals surface area contributed by atoms with Crippen molar-refractivity contribution in [2.45, 2.75) is 0 Å². The molecule has 5 nitrogen and oxygen atoms in total. The monoisotopic (exact) mass is 499 g/mol. The number of hydrogen-bond acceptors (Lipinski definition) is 5. The lowest BCUT2D eigenvalue weighted by atomic mass is 10.2. The summed E-state index contributed by atoms with van der Waals surface area (Å²) in [6.07, 6.45) is 1.71. The fourth-order valence-corrected chi connectivity index (χ4v) is 2.85. The summed E-state index contributed by atoms with van der Waals surface area (Å²) in [5, 5.41) is 0. The molecule has 0 radical (unpaired) electrons. The van der Waals surface area contributed by atoms with E-state index in [0.29, 0.717) is 32.3 Å². The Morgan fingerprint density at radius 1 is 0.964 bits per heavy atom. The van der Waals surface area contributed by atoms with E-state index in [4.69, 9.17) is 14.2 Å². The van der Waals surface area contributed by atoms with Crippen molar-refractivity contribution in [3.63, 3.8) is 0 Å². The molecule has 0 fully saturated rings. The molecule has 0 spiro atoms. The number of anilines is 1. The minimum atomic E-state index is -0.475. The van der Waals surface area contributed by atoms with Gasteiger partial charge in [0.25, 0.3) is 5.88 Å². The number of aromatic nitrogens is 1. The van der Waals surface area contributed by atoms with Gasteiger partial charge in [0.2, 0.25) is 3.57 Å². The number of pyridine rings is 1. The zero-order chi connectivity index (χ0) is 20.2. The molecular weight excluding hydrogens is 474 g/mol. The maximum Gasteiger partial charge on any atom is 0.302 e. The van der Waals surface area contributed by atoms with Gasteiger partial charge in [-0.05, 0) is 24.3 Å². The highest BCUT2D eigenvalue weighted by Crippen LogP contribution is 2.12. The standard InChI is InChI=1S/C21H25FIN2O3/c1-25(2)19-7-5-17(6-8-19)3-4-18-15-20(23)21(24-16-18)28-14-13-27-12-11-26-10-9-22/h5-8,15-16,23H,9-14H2,1-2H3/q+1. The van der Waals surface area contributed by atoms with Crippen molar-refractivity contribution in [1.29, 1.82) is 0 Å². The molecule has 1 aromatic heterocycles. The van der Waals surface area contributed by atoms with Crippen molar-refractivity contribution < 1.29 is 41.2 Å². The molecule has 0 unspecified atom stereocenters. The van der Waals surface area contributed by atoms with Crippen LogP contribution in [0.2, 0.25) is 0 Å². The van der Waals surface area contributed by atoms with Crippen LogP contribution in [0.4, 0.5) is 10.1 Å². The Balaban J connectivity index is 1.80. The minimum absolute atomic E-state index is 0.111. The van der Waals surface area contributed by atoms with E-state index in [2.05, 4.69) is 21.7 Å². The van der Waals surface area contributed by atoms with Crippen molar-refractivity contribution in [2.24, 2.45) is 0 Å². The summed E-state index contributed by atoms with van der Waals surface area (Å²) < 4.78 is 28.7. The Morgan fingerprint density at radius 2 is 1.61 bits per heavy atom. The first kappa shape index (κ1) is 22.4. The predicted molar refractivity (Wildman–Crippen MR) is 104 cm³/mol. The average molecular weight is 499 g/mol. The minimum Gasteiger partial charge on any atom is -0.472 e. The summed E-state index contributed by atoms with van der Waals surface area (Å²) in [4.78, 5) is 6.39. The highest BCUT2D eigenvalue weighted by molar-refractivity contribution is 5.50. The van der Waals surface area contributed by atoms with Crippen LogP contribution >= 0.6 is 0 Å². The molecule has 0 aliphatic rings. The first-order valence-electron chi connectivity index (χ1n) is 8.91. The Bertz CT molecular complexity index is 788. The van der Waals surface area contributed by atoms with E-state index in [0.717, 1.165) is 20.4 Å². The van der Waals surface area contributed by atoms with E-state index < -0.39 is 6.67 Å². The SMILES string of the molecule is CN(C)c1ccc(C#Cc2cnc(OCCOCCOCCF)c([IH+])c2)cc1. The van der Waals surface area contributed by atoms with Crippen LogP contribution in [0, 0.1) is 15.4 Å². The molecule has 2 rings (SSSR count). The van der Waals surface area contributed by atoms with Crippen LogP contribution in [0.15, 0.2) is 36.5 Å². The second-order valence-corrected chi connectivity index (χ2v) is 7.24. The van der Waals surface area contributed by atoms with E-state index in [1.807, 2.05) is 67.0 Å². The van der Waals surface area contributed by atoms with Gasteiger partial charge in [-0.1, -0.05) is 11.8 Å². The van der Waals surface area contributed by atoms with Gasteiger partial charge in [0.05, 0.1) is 26.4 Å². The van der Waals surface area contributed by atoms with Gasteiger partial charge >= 0.3 is 22.6 Å². The van der Waals surface area contributed by atoms with E-state index in [1.54, 1.807) is 6.20 Å². The molecule has 28 heavy (non-hydrogen) atoms. The van der Waals surface area contributed by atoms with Gasteiger partial charge in [0.1, 0.15) is 13.3 Å². The van der Waals surface area contributed by atoms with Crippen molar-refractivity contribution in [3.05, 3.63) is 51.2 Å². The summed E-state index contributed by atoms with van der Waals surface area (Å²) in [6.45, 7) is 1.25. The molecule has 0 N–H and O–H groups in total. The second kappa shape index (κ2) is 12.5. The Kier molecular flexibility index (Phi) is 10.0. The summed E-state index contributed by atoms with van der Waals surface area (Å²) >= 11 is 1.85. The lowest BCUT2D eigenvalue weighted by Crippen LogP contribution is -3.34. The number of alkyl halides is 1. The van der Waals surface area contributed by atoms with Gasteiger partial charge in [-0.15, -0.1) is 0 Å². The Morgan fingerprint density at radius 3 is 2.25 bits per heavy atom. The lowest BCUT2D eigenvalue weighted by molar-refractivity contribution is -0.331. The smallest absolute Gasteiger partial charge is 0.302 e. The summed E-state index contributed by atoms with van der Waals surface area (Å²) in [5.74, 6) is 6.86. The van der Waals surface area contributed by atoms with E-state index in [9.17, 15) is 4.39 Å². The second-order valence-electron chi connectivity index (χ2n) is 5.98. The first-order valence-corrected chi connectivity index (χ1v) is 10.1.